The van der Waals surface area contributed by atoms with Gasteiger partial charge in [-0.1, -0.05) is 13.0 Å². The third-order valence-corrected chi connectivity index (χ3v) is 3.77. The fourth-order valence-corrected chi connectivity index (χ4v) is 2.17. The van der Waals surface area contributed by atoms with Gasteiger partial charge in [-0.05, 0) is 26.7 Å². The highest BCUT2D eigenvalue weighted by Gasteiger charge is 2.31. The highest BCUT2D eigenvalue weighted by atomic mass is 16.5. The average molecular weight is 240 g/mol. The summed E-state index contributed by atoms with van der Waals surface area (Å²) in [4.78, 5) is 2.54. The van der Waals surface area contributed by atoms with E-state index in [1.165, 1.54) is 6.42 Å². The molecule has 100 valence electrons. The van der Waals surface area contributed by atoms with E-state index in [0.29, 0.717) is 6.04 Å². The molecule has 1 heterocycles. The topological polar surface area (TPSA) is 24.5 Å². The molecule has 3 nitrogen and oxygen atoms in total. The zero-order valence-electron chi connectivity index (χ0n) is 11.7. The lowest BCUT2D eigenvalue weighted by atomic mass is 9.94. The Kier molecular flexibility index (Phi) is 6.17. The van der Waals surface area contributed by atoms with Crippen molar-refractivity contribution in [3.63, 3.8) is 0 Å². The monoisotopic (exact) mass is 240 g/mol. The first-order chi connectivity index (χ1) is 8.11. The Morgan fingerprint density at radius 1 is 1.53 bits per heavy atom. The first kappa shape index (κ1) is 14.7. The number of rotatable bonds is 7. The third kappa shape index (κ3) is 4.78. The van der Waals surface area contributed by atoms with Crippen LogP contribution in [0.4, 0.5) is 0 Å². The van der Waals surface area contributed by atoms with Gasteiger partial charge in [0.1, 0.15) is 0 Å². The predicted octanol–water partition coefficient (Wildman–Crippen LogP) is 2.04. The number of nitrogens with zero attached hydrogens (tertiary/aromatic N) is 1. The molecule has 1 fully saturated rings. The van der Waals surface area contributed by atoms with Crippen LogP contribution >= 0.6 is 0 Å². The van der Waals surface area contributed by atoms with Gasteiger partial charge in [-0.3, -0.25) is 4.90 Å². The van der Waals surface area contributed by atoms with E-state index in [1.807, 2.05) is 6.08 Å². The van der Waals surface area contributed by atoms with Crippen molar-refractivity contribution in [1.29, 1.82) is 0 Å². The molecule has 1 N–H and O–H groups in total. The summed E-state index contributed by atoms with van der Waals surface area (Å²) in [5.74, 6) is 0. The third-order valence-electron chi connectivity index (χ3n) is 3.77. The zero-order chi connectivity index (χ0) is 12.7. The molecule has 0 bridgehead atoms. The molecule has 0 aromatic carbocycles. The van der Waals surface area contributed by atoms with Crippen molar-refractivity contribution in [1.82, 2.24) is 10.2 Å². The lowest BCUT2D eigenvalue weighted by Gasteiger charge is -2.45. The van der Waals surface area contributed by atoms with Crippen LogP contribution in [0.1, 0.15) is 33.6 Å². The van der Waals surface area contributed by atoms with Crippen LogP contribution < -0.4 is 5.32 Å². The van der Waals surface area contributed by atoms with Crippen LogP contribution in [0.5, 0.6) is 0 Å². The zero-order valence-corrected chi connectivity index (χ0v) is 11.7. The standard InChI is InChI=1S/C14H28N2O/c1-5-7-9-17-10-8-16-12-14(4,6-2)15-11-13(16)3/h5,13,15H,1,6-12H2,2-4H3. The second-order valence-corrected chi connectivity index (χ2v) is 5.30. The lowest BCUT2D eigenvalue weighted by Crippen LogP contribution is -2.62. The van der Waals surface area contributed by atoms with Gasteiger partial charge < -0.3 is 10.1 Å². The molecule has 0 aromatic heterocycles. The summed E-state index contributed by atoms with van der Waals surface area (Å²) in [6.07, 6.45) is 4.03. The molecule has 2 unspecified atom stereocenters. The number of hydrogen-bond acceptors (Lipinski definition) is 3. The molecular weight excluding hydrogens is 212 g/mol. The molecule has 0 amide bonds. The van der Waals surface area contributed by atoms with E-state index < -0.39 is 0 Å². The molecule has 0 aliphatic carbocycles. The minimum absolute atomic E-state index is 0.271. The molecule has 1 rings (SSSR count). The van der Waals surface area contributed by atoms with Gasteiger partial charge in [-0.15, -0.1) is 6.58 Å². The lowest BCUT2D eigenvalue weighted by molar-refractivity contribution is 0.0506. The maximum absolute atomic E-state index is 5.59. The molecule has 1 aliphatic rings. The number of nitrogens with one attached hydrogen (secondary N) is 1. The van der Waals surface area contributed by atoms with Gasteiger partial charge >= 0.3 is 0 Å². The Morgan fingerprint density at radius 2 is 2.29 bits per heavy atom. The van der Waals surface area contributed by atoms with Crippen LogP contribution in [0.3, 0.4) is 0 Å². The Bertz CT molecular complexity index is 232. The van der Waals surface area contributed by atoms with Gasteiger partial charge in [-0.2, -0.15) is 0 Å². The fraction of sp³-hybridized carbons (Fsp3) is 0.857. The molecule has 0 spiro atoms. The maximum Gasteiger partial charge on any atom is 0.0593 e. The quantitative estimate of drug-likeness (QED) is 0.544. The average Bonchev–Trinajstić information content (AvgIpc) is 2.33. The fourth-order valence-electron chi connectivity index (χ4n) is 2.17. The summed E-state index contributed by atoms with van der Waals surface area (Å²) in [5.41, 5.74) is 0.271. The molecule has 3 heteroatoms. The van der Waals surface area contributed by atoms with Gasteiger partial charge in [0.2, 0.25) is 0 Å². The van der Waals surface area contributed by atoms with Crippen molar-refractivity contribution in [3.8, 4) is 0 Å². The summed E-state index contributed by atoms with van der Waals surface area (Å²) >= 11 is 0. The van der Waals surface area contributed by atoms with Crippen molar-refractivity contribution in [2.24, 2.45) is 0 Å². The minimum atomic E-state index is 0.271. The highest BCUT2D eigenvalue weighted by Crippen LogP contribution is 2.18. The highest BCUT2D eigenvalue weighted by molar-refractivity contribution is 4.92. The van der Waals surface area contributed by atoms with Gasteiger partial charge in [0.25, 0.3) is 0 Å². The maximum atomic E-state index is 5.59. The summed E-state index contributed by atoms with van der Waals surface area (Å²) in [7, 11) is 0. The molecule has 0 radical (unpaired) electrons. The molecular formula is C14H28N2O. The Hall–Kier alpha value is -0.380. The van der Waals surface area contributed by atoms with Gasteiger partial charge in [0, 0.05) is 31.2 Å². The summed E-state index contributed by atoms with van der Waals surface area (Å²) in [6, 6.07) is 0.609. The van der Waals surface area contributed by atoms with Gasteiger partial charge in [-0.25, -0.2) is 0 Å². The summed E-state index contributed by atoms with van der Waals surface area (Å²) in [5, 5.41) is 3.64. The van der Waals surface area contributed by atoms with E-state index in [2.05, 4.69) is 37.6 Å². The molecule has 0 saturated carbocycles. The number of hydrogen-bond donors (Lipinski definition) is 1. The normalized spacial score (nSPS) is 30.4. The van der Waals surface area contributed by atoms with E-state index in [1.54, 1.807) is 0 Å². The molecule has 17 heavy (non-hydrogen) atoms. The van der Waals surface area contributed by atoms with Crippen LogP contribution in [0, 0.1) is 0 Å². The number of piperazine rings is 1. The smallest absolute Gasteiger partial charge is 0.0593 e. The van der Waals surface area contributed by atoms with Gasteiger partial charge in [0.05, 0.1) is 13.2 Å². The van der Waals surface area contributed by atoms with Crippen molar-refractivity contribution >= 4 is 0 Å². The first-order valence-electron chi connectivity index (χ1n) is 6.79. The SMILES string of the molecule is C=CCCOCCN1CC(C)(CC)NCC1C. The minimum Gasteiger partial charge on any atom is -0.380 e. The first-order valence-corrected chi connectivity index (χ1v) is 6.79. The second-order valence-electron chi connectivity index (χ2n) is 5.30. The number of ether oxygens (including phenoxy) is 1. The van der Waals surface area contributed by atoms with Crippen molar-refractivity contribution in [2.45, 2.75) is 45.2 Å². The largest absolute Gasteiger partial charge is 0.380 e. The van der Waals surface area contributed by atoms with Crippen LogP contribution in [-0.4, -0.2) is 49.3 Å². The van der Waals surface area contributed by atoms with E-state index in [-0.39, 0.29) is 5.54 Å². The summed E-state index contributed by atoms with van der Waals surface area (Å²) < 4.78 is 5.59. The van der Waals surface area contributed by atoms with E-state index in [9.17, 15) is 0 Å². The van der Waals surface area contributed by atoms with E-state index >= 15 is 0 Å². The van der Waals surface area contributed by atoms with Crippen molar-refractivity contribution < 1.29 is 4.74 Å². The Morgan fingerprint density at radius 3 is 2.94 bits per heavy atom. The molecule has 0 aromatic rings. The van der Waals surface area contributed by atoms with E-state index in [4.69, 9.17) is 4.74 Å². The summed E-state index contributed by atoms with van der Waals surface area (Å²) in [6.45, 7) is 15.4. The van der Waals surface area contributed by atoms with Crippen molar-refractivity contribution in [3.05, 3.63) is 12.7 Å². The van der Waals surface area contributed by atoms with Crippen LogP contribution in [0.25, 0.3) is 0 Å². The van der Waals surface area contributed by atoms with Crippen LogP contribution in [-0.2, 0) is 4.74 Å². The van der Waals surface area contributed by atoms with Crippen LogP contribution in [0.2, 0.25) is 0 Å². The molecule has 2 atom stereocenters. The molecule has 1 saturated heterocycles. The van der Waals surface area contributed by atoms with E-state index in [0.717, 1.165) is 39.3 Å². The Balaban J connectivity index is 2.27. The van der Waals surface area contributed by atoms with Gasteiger partial charge in [0.15, 0.2) is 0 Å². The Labute approximate surface area is 106 Å². The van der Waals surface area contributed by atoms with Crippen LogP contribution in [0.15, 0.2) is 12.7 Å². The second kappa shape index (κ2) is 7.14. The predicted molar refractivity (Wildman–Crippen MR) is 73.4 cm³/mol. The van der Waals surface area contributed by atoms with Crippen molar-refractivity contribution in [2.75, 3.05) is 32.8 Å². The molecule has 1 aliphatic heterocycles.